The Bertz CT molecular complexity index is 1220. The summed E-state index contributed by atoms with van der Waals surface area (Å²) in [5, 5.41) is 2.62. The maximum Gasteiger partial charge on any atom is 0.136 e. The van der Waals surface area contributed by atoms with E-state index in [-0.39, 0.29) is 12.1 Å². The zero-order chi connectivity index (χ0) is 21.8. The van der Waals surface area contributed by atoms with Gasteiger partial charge >= 0.3 is 0 Å². The van der Waals surface area contributed by atoms with E-state index in [9.17, 15) is 4.79 Å². The summed E-state index contributed by atoms with van der Waals surface area (Å²) in [6.07, 6.45) is 3.17. The highest BCUT2D eigenvalue weighted by Gasteiger charge is 2.33. The molecule has 0 radical (unpaired) electrons. The summed E-state index contributed by atoms with van der Waals surface area (Å²) in [6, 6.07) is 17.3. The van der Waals surface area contributed by atoms with E-state index in [0.29, 0.717) is 18.6 Å². The summed E-state index contributed by atoms with van der Waals surface area (Å²) in [7, 11) is 4.30. The van der Waals surface area contributed by atoms with Crippen molar-refractivity contribution in [2.45, 2.75) is 37.8 Å². The molecule has 2 aliphatic heterocycles. The lowest BCUT2D eigenvalue weighted by Gasteiger charge is -2.34. The molecule has 5 heteroatoms. The SMILES string of the molecule is CN1CCc2c([nH]c3ccccc23)[C@@H]1CC(=O)C[C@H]1c2[nH]c3ccccc3c2CCN1C. The van der Waals surface area contributed by atoms with Gasteiger partial charge in [0.05, 0.1) is 12.1 Å². The number of likely N-dealkylation sites (N-methyl/N-ethyl adjacent to an activating group) is 2. The Morgan fingerprint density at radius 1 is 0.781 bits per heavy atom. The van der Waals surface area contributed by atoms with Gasteiger partial charge in [0.1, 0.15) is 5.78 Å². The number of para-hydroxylation sites is 2. The molecule has 0 bridgehead atoms. The van der Waals surface area contributed by atoms with Crippen molar-refractivity contribution in [1.82, 2.24) is 19.8 Å². The van der Waals surface area contributed by atoms with Crippen LogP contribution in [0, 0.1) is 0 Å². The van der Waals surface area contributed by atoms with Gasteiger partial charge in [0.15, 0.2) is 0 Å². The first kappa shape index (κ1) is 19.8. The summed E-state index contributed by atoms with van der Waals surface area (Å²) in [4.78, 5) is 25.4. The molecule has 164 valence electrons. The highest BCUT2D eigenvalue weighted by molar-refractivity contribution is 5.87. The molecule has 4 heterocycles. The van der Waals surface area contributed by atoms with Crippen molar-refractivity contribution in [2.75, 3.05) is 27.2 Å². The Kier molecular flexibility index (Phi) is 4.70. The van der Waals surface area contributed by atoms with Crippen molar-refractivity contribution in [3.8, 4) is 0 Å². The fourth-order valence-electron chi connectivity index (χ4n) is 5.91. The van der Waals surface area contributed by atoms with Crippen molar-refractivity contribution in [3.05, 3.63) is 71.0 Å². The van der Waals surface area contributed by atoms with Crippen molar-refractivity contribution in [2.24, 2.45) is 0 Å². The molecular weight excluding hydrogens is 396 g/mol. The summed E-state index contributed by atoms with van der Waals surface area (Å²) in [5.74, 6) is 0.330. The third kappa shape index (κ3) is 3.11. The fourth-order valence-corrected chi connectivity index (χ4v) is 5.91. The summed E-state index contributed by atoms with van der Waals surface area (Å²) in [5.41, 5.74) is 7.61. The largest absolute Gasteiger partial charge is 0.357 e. The molecule has 0 aliphatic carbocycles. The van der Waals surface area contributed by atoms with Crippen LogP contribution in [0.2, 0.25) is 0 Å². The normalized spacial score (nSPS) is 21.7. The average molecular weight is 427 g/mol. The molecule has 32 heavy (non-hydrogen) atoms. The van der Waals surface area contributed by atoms with Crippen molar-refractivity contribution in [1.29, 1.82) is 0 Å². The lowest BCUT2D eigenvalue weighted by molar-refractivity contribution is -0.121. The van der Waals surface area contributed by atoms with Crippen LogP contribution in [0.25, 0.3) is 21.8 Å². The minimum Gasteiger partial charge on any atom is -0.357 e. The summed E-state index contributed by atoms with van der Waals surface area (Å²) < 4.78 is 0. The number of nitrogens with one attached hydrogen (secondary N) is 2. The van der Waals surface area contributed by atoms with Crippen LogP contribution in [0.5, 0.6) is 0 Å². The number of benzene rings is 2. The molecule has 2 N–H and O–H groups in total. The Hall–Kier alpha value is -2.89. The first-order chi connectivity index (χ1) is 15.6. The van der Waals surface area contributed by atoms with E-state index in [4.69, 9.17) is 0 Å². The van der Waals surface area contributed by atoms with Crippen LogP contribution in [0.15, 0.2) is 48.5 Å². The second kappa shape index (κ2) is 7.61. The van der Waals surface area contributed by atoms with Gasteiger partial charge in [0.25, 0.3) is 0 Å². The third-order valence-corrected chi connectivity index (χ3v) is 7.69. The second-order valence-corrected chi connectivity index (χ2v) is 9.57. The number of ketones is 1. The number of nitrogens with zero attached hydrogens (tertiary/aromatic N) is 2. The molecule has 0 fully saturated rings. The lowest BCUT2D eigenvalue weighted by atomic mass is 9.90. The van der Waals surface area contributed by atoms with Crippen LogP contribution in [-0.4, -0.2) is 52.7 Å². The van der Waals surface area contributed by atoms with Crippen molar-refractivity contribution < 1.29 is 4.79 Å². The first-order valence-corrected chi connectivity index (χ1v) is 11.7. The molecule has 5 nitrogen and oxygen atoms in total. The second-order valence-electron chi connectivity index (χ2n) is 9.57. The van der Waals surface area contributed by atoms with Gasteiger partial charge in [-0.05, 0) is 50.2 Å². The van der Waals surface area contributed by atoms with E-state index in [1.54, 1.807) is 0 Å². The number of hydrogen-bond acceptors (Lipinski definition) is 3. The molecule has 2 aliphatic rings. The Labute approximate surface area is 188 Å². The van der Waals surface area contributed by atoms with Gasteiger partial charge in [-0.1, -0.05) is 36.4 Å². The molecule has 0 amide bonds. The van der Waals surface area contributed by atoms with Gasteiger partial charge in [-0.15, -0.1) is 0 Å². The standard InChI is InChI=1S/C27H30N4O/c1-30-13-11-20-18-7-3-5-9-22(18)28-26(20)24(30)15-17(32)16-25-27-21(12-14-31(25)2)19-8-4-6-10-23(19)29-27/h3-10,24-25,28-29H,11-16H2,1-2H3/t24-,25-/m0/s1. The van der Waals surface area contributed by atoms with E-state index in [1.807, 2.05) is 0 Å². The van der Waals surface area contributed by atoms with Crippen LogP contribution in [-0.2, 0) is 17.6 Å². The molecule has 2 aromatic heterocycles. The van der Waals surface area contributed by atoms with Crippen LogP contribution in [0.3, 0.4) is 0 Å². The zero-order valence-corrected chi connectivity index (χ0v) is 18.8. The number of carbonyl (C=O) groups is 1. The highest BCUT2D eigenvalue weighted by Crippen LogP contribution is 2.38. The monoisotopic (exact) mass is 426 g/mol. The molecule has 0 saturated carbocycles. The van der Waals surface area contributed by atoms with Gasteiger partial charge in [-0.25, -0.2) is 0 Å². The molecule has 2 aromatic carbocycles. The quantitative estimate of drug-likeness (QED) is 0.495. The Morgan fingerprint density at radius 2 is 1.22 bits per heavy atom. The Morgan fingerprint density at radius 3 is 1.69 bits per heavy atom. The fraction of sp³-hybridized carbons (Fsp3) is 0.370. The lowest BCUT2D eigenvalue weighted by Crippen LogP contribution is -2.36. The molecule has 0 spiro atoms. The van der Waals surface area contributed by atoms with Gasteiger partial charge < -0.3 is 9.97 Å². The van der Waals surface area contributed by atoms with Gasteiger partial charge in [0.2, 0.25) is 0 Å². The molecular formula is C27H30N4O. The smallest absolute Gasteiger partial charge is 0.136 e. The molecule has 2 atom stereocenters. The van der Waals surface area contributed by atoms with Crippen LogP contribution >= 0.6 is 0 Å². The average Bonchev–Trinajstić information content (AvgIpc) is 3.36. The number of Topliss-reactive ketones (excluding diaryl/α,β-unsaturated/α-hetero) is 1. The summed E-state index contributed by atoms with van der Waals surface area (Å²) >= 11 is 0. The van der Waals surface area contributed by atoms with Gasteiger partial charge in [-0.3, -0.25) is 14.6 Å². The minimum absolute atomic E-state index is 0.120. The number of hydrogen-bond donors (Lipinski definition) is 2. The van der Waals surface area contributed by atoms with Crippen molar-refractivity contribution in [3.63, 3.8) is 0 Å². The van der Waals surface area contributed by atoms with E-state index in [2.05, 4.69) is 82.4 Å². The number of aromatic amines is 2. The van der Waals surface area contributed by atoms with Crippen LogP contribution in [0.1, 0.15) is 47.4 Å². The van der Waals surface area contributed by atoms with Crippen molar-refractivity contribution >= 4 is 27.6 Å². The topological polar surface area (TPSA) is 55.1 Å². The van der Waals surface area contributed by atoms with E-state index >= 15 is 0 Å². The van der Waals surface area contributed by atoms with Gasteiger partial charge in [0, 0.05) is 59.1 Å². The molecule has 0 saturated heterocycles. The third-order valence-electron chi connectivity index (χ3n) is 7.69. The predicted molar refractivity (Wildman–Crippen MR) is 129 cm³/mol. The Balaban J connectivity index is 1.28. The van der Waals surface area contributed by atoms with Crippen LogP contribution < -0.4 is 0 Å². The molecule has 6 rings (SSSR count). The highest BCUT2D eigenvalue weighted by atomic mass is 16.1. The van der Waals surface area contributed by atoms with E-state index < -0.39 is 0 Å². The number of fused-ring (bicyclic) bond motifs is 6. The van der Waals surface area contributed by atoms with E-state index in [1.165, 1.54) is 44.3 Å². The number of carbonyl (C=O) groups excluding carboxylic acids is 1. The summed E-state index contributed by atoms with van der Waals surface area (Å²) in [6.45, 7) is 1.98. The predicted octanol–water partition coefficient (Wildman–Crippen LogP) is 4.76. The maximum absolute atomic E-state index is 13.4. The molecule has 0 unspecified atom stereocenters. The zero-order valence-electron chi connectivity index (χ0n) is 18.8. The number of aromatic nitrogens is 2. The number of H-pyrrole nitrogens is 2. The first-order valence-electron chi connectivity index (χ1n) is 11.7. The minimum atomic E-state index is 0.120. The van der Waals surface area contributed by atoms with Crippen LogP contribution in [0.4, 0.5) is 0 Å². The van der Waals surface area contributed by atoms with E-state index in [0.717, 1.165) is 25.9 Å². The maximum atomic E-state index is 13.4. The molecule has 4 aromatic rings. The van der Waals surface area contributed by atoms with Gasteiger partial charge in [-0.2, -0.15) is 0 Å². The number of rotatable bonds is 4.